The molecule has 3 rings (SSSR count). The number of carbonyl (C=O) groups excluding carboxylic acids is 2. The zero-order valence-electron chi connectivity index (χ0n) is 14.5. The summed E-state index contributed by atoms with van der Waals surface area (Å²) in [4.78, 5) is 25.1. The summed E-state index contributed by atoms with van der Waals surface area (Å²) in [6.45, 7) is 0.774. The largest absolute Gasteiger partial charge is 0.351 e. The Kier molecular flexibility index (Phi) is 7.18. The van der Waals surface area contributed by atoms with Gasteiger partial charge in [0.15, 0.2) is 0 Å². The molecule has 2 amide bonds. The highest BCUT2D eigenvalue weighted by molar-refractivity contribution is 6.05. The Labute approximate surface area is 159 Å². The molecule has 2 aromatic carbocycles. The zero-order valence-corrected chi connectivity index (χ0v) is 15.4. The average Bonchev–Trinajstić information content (AvgIpc) is 2.66. The van der Waals surface area contributed by atoms with Crippen molar-refractivity contribution >= 4 is 29.9 Å². The highest BCUT2D eigenvalue weighted by Gasteiger charge is 2.27. The Balaban J connectivity index is 0.00000243. The molecule has 1 aliphatic carbocycles. The van der Waals surface area contributed by atoms with Crippen LogP contribution in [0.5, 0.6) is 0 Å². The molecule has 1 atom stereocenters. The summed E-state index contributed by atoms with van der Waals surface area (Å²) < 4.78 is 0. The maximum atomic E-state index is 12.9. The van der Waals surface area contributed by atoms with Gasteiger partial charge in [-0.05, 0) is 42.5 Å². The number of para-hydroxylation sites is 1. The van der Waals surface area contributed by atoms with Crippen molar-refractivity contribution in [3.63, 3.8) is 0 Å². The van der Waals surface area contributed by atoms with Gasteiger partial charge in [-0.25, -0.2) is 0 Å². The number of anilines is 1. The van der Waals surface area contributed by atoms with Crippen molar-refractivity contribution in [1.29, 1.82) is 0 Å². The molecule has 1 aliphatic rings. The maximum Gasteiger partial charge on any atom is 0.253 e. The molecule has 0 bridgehead atoms. The molecule has 1 unspecified atom stereocenters. The van der Waals surface area contributed by atoms with E-state index in [1.54, 1.807) is 18.2 Å². The Bertz CT molecular complexity index is 779. The van der Waals surface area contributed by atoms with Crippen LogP contribution in [0, 0.1) is 0 Å². The molecule has 5 nitrogen and oxygen atoms in total. The van der Waals surface area contributed by atoms with Crippen LogP contribution in [0.2, 0.25) is 0 Å². The Morgan fingerprint density at radius 2 is 1.81 bits per heavy atom. The van der Waals surface area contributed by atoms with Gasteiger partial charge in [0, 0.05) is 13.1 Å². The van der Waals surface area contributed by atoms with Gasteiger partial charge in [-0.3, -0.25) is 9.59 Å². The number of aryl methyl sites for hydroxylation is 1. The third-order valence-electron chi connectivity index (χ3n) is 4.55. The minimum Gasteiger partial charge on any atom is -0.351 e. The number of fused-ring (bicyclic) bond motifs is 1. The molecule has 0 aliphatic heterocycles. The number of hydrogen-bond acceptors (Lipinski definition) is 3. The predicted molar refractivity (Wildman–Crippen MR) is 106 cm³/mol. The molecule has 4 N–H and O–H groups in total. The van der Waals surface area contributed by atoms with Gasteiger partial charge < -0.3 is 16.4 Å². The van der Waals surface area contributed by atoms with E-state index >= 15 is 0 Å². The third kappa shape index (κ3) is 4.42. The Hall–Kier alpha value is -2.37. The van der Waals surface area contributed by atoms with Crippen LogP contribution in [0.15, 0.2) is 48.5 Å². The second-order valence-corrected chi connectivity index (χ2v) is 6.22. The summed E-state index contributed by atoms with van der Waals surface area (Å²) in [5, 5.41) is 5.69. The molecule has 0 saturated carbocycles. The van der Waals surface area contributed by atoms with Crippen LogP contribution >= 0.6 is 12.4 Å². The molecule has 138 valence electrons. The number of amides is 2. The number of halogens is 1. The van der Waals surface area contributed by atoms with Crippen LogP contribution in [0.25, 0.3) is 0 Å². The van der Waals surface area contributed by atoms with Gasteiger partial charge in [0.25, 0.3) is 5.91 Å². The quantitative estimate of drug-likeness (QED) is 0.753. The zero-order chi connectivity index (χ0) is 17.6. The lowest BCUT2D eigenvalue weighted by Gasteiger charge is -2.25. The molecule has 0 saturated heterocycles. The fraction of sp³-hybridized carbons (Fsp3) is 0.300. The topological polar surface area (TPSA) is 84.2 Å². The lowest BCUT2D eigenvalue weighted by molar-refractivity contribution is -0.117. The van der Waals surface area contributed by atoms with Crippen molar-refractivity contribution in [3.8, 4) is 0 Å². The summed E-state index contributed by atoms with van der Waals surface area (Å²) in [5.74, 6) is -0.471. The maximum absolute atomic E-state index is 12.9. The number of benzene rings is 2. The van der Waals surface area contributed by atoms with E-state index in [0.717, 1.165) is 24.8 Å². The van der Waals surface area contributed by atoms with Gasteiger partial charge in [0.2, 0.25) is 5.91 Å². The molecule has 0 spiro atoms. The van der Waals surface area contributed by atoms with Crippen molar-refractivity contribution in [1.82, 2.24) is 5.32 Å². The molecular formula is C20H24ClN3O2. The van der Waals surface area contributed by atoms with Crippen molar-refractivity contribution < 1.29 is 9.59 Å². The van der Waals surface area contributed by atoms with Gasteiger partial charge in [-0.15, -0.1) is 12.4 Å². The van der Waals surface area contributed by atoms with Crippen LogP contribution < -0.4 is 16.4 Å². The lowest BCUT2D eigenvalue weighted by Crippen LogP contribution is -2.30. The monoisotopic (exact) mass is 373 g/mol. The highest BCUT2D eigenvalue weighted by atomic mass is 35.5. The van der Waals surface area contributed by atoms with E-state index in [0.29, 0.717) is 24.3 Å². The standard InChI is InChI=1S/C20H23N3O2.ClH/c21-12-13-22-19(24)17-9-3-4-11-18(17)23-20(25)16-10-5-7-14-6-1-2-8-15(14)16;/h1-4,6,8-9,11,16H,5,7,10,12-13,21H2,(H,22,24)(H,23,25);1H. The minimum atomic E-state index is -0.231. The highest BCUT2D eigenvalue weighted by Crippen LogP contribution is 2.32. The Morgan fingerprint density at radius 1 is 1.08 bits per heavy atom. The molecule has 0 fully saturated rings. The van der Waals surface area contributed by atoms with E-state index < -0.39 is 0 Å². The first-order valence-corrected chi connectivity index (χ1v) is 8.66. The van der Waals surface area contributed by atoms with Crippen LogP contribution in [0.3, 0.4) is 0 Å². The van der Waals surface area contributed by atoms with E-state index in [-0.39, 0.29) is 30.1 Å². The molecule has 0 radical (unpaired) electrons. The van der Waals surface area contributed by atoms with Crippen molar-refractivity contribution in [2.75, 3.05) is 18.4 Å². The summed E-state index contributed by atoms with van der Waals surface area (Å²) >= 11 is 0. The third-order valence-corrected chi connectivity index (χ3v) is 4.55. The molecular weight excluding hydrogens is 350 g/mol. The smallest absolute Gasteiger partial charge is 0.253 e. The fourth-order valence-electron chi connectivity index (χ4n) is 3.32. The molecule has 0 heterocycles. The van der Waals surface area contributed by atoms with Crippen molar-refractivity contribution in [3.05, 3.63) is 65.2 Å². The Morgan fingerprint density at radius 3 is 2.62 bits per heavy atom. The van der Waals surface area contributed by atoms with E-state index in [1.165, 1.54) is 5.56 Å². The fourth-order valence-corrected chi connectivity index (χ4v) is 3.32. The second-order valence-electron chi connectivity index (χ2n) is 6.22. The lowest BCUT2D eigenvalue weighted by atomic mass is 9.82. The number of rotatable bonds is 5. The van der Waals surface area contributed by atoms with Crippen LogP contribution in [0.4, 0.5) is 5.69 Å². The average molecular weight is 374 g/mol. The summed E-state index contributed by atoms with van der Waals surface area (Å²) in [7, 11) is 0. The summed E-state index contributed by atoms with van der Waals surface area (Å²) in [6.07, 6.45) is 2.83. The SMILES string of the molecule is Cl.NCCNC(=O)c1ccccc1NC(=O)C1CCCc2ccccc21. The summed E-state index contributed by atoms with van der Waals surface area (Å²) in [5.41, 5.74) is 8.75. The minimum absolute atomic E-state index is 0. The van der Waals surface area contributed by atoms with Crippen LogP contribution in [0.1, 0.15) is 40.2 Å². The van der Waals surface area contributed by atoms with Gasteiger partial charge >= 0.3 is 0 Å². The number of nitrogens with two attached hydrogens (primary N) is 1. The molecule has 0 aromatic heterocycles. The van der Waals surface area contributed by atoms with Gasteiger partial charge in [0.05, 0.1) is 17.2 Å². The molecule has 2 aromatic rings. The molecule has 26 heavy (non-hydrogen) atoms. The van der Waals surface area contributed by atoms with Crippen LogP contribution in [-0.2, 0) is 11.2 Å². The van der Waals surface area contributed by atoms with E-state index in [4.69, 9.17) is 5.73 Å². The van der Waals surface area contributed by atoms with E-state index in [9.17, 15) is 9.59 Å². The number of nitrogens with one attached hydrogen (secondary N) is 2. The van der Waals surface area contributed by atoms with Crippen LogP contribution in [-0.4, -0.2) is 24.9 Å². The first-order valence-electron chi connectivity index (χ1n) is 8.66. The summed E-state index contributed by atoms with van der Waals surface area (Å²) in [6, 6.07) is 15.1. The first kappa shape index (κ1) is 19.9. The normalized spacial score (nSPS) is 15.3. The first-order chi connectivity index (χ1) is 12.2. The van der Waals surface area contributed by atoms with Crippen molar-refractivity contribution in [2.45, 2.75) is 25.2 Å². The number of hydrogen-bond donors (Lipinski definition) is 3. The van der Waals surface area contributed by atoms with Gasteiger partial charge in [-0.2, -0.15) is 0 Å². The second kappa shape index (κ2) is 9.36. The van der Waals surface area contributed by atoms with Gasteiger partial charge in [0.1, 0.15) is 0 Å². The predicted octanol–water partition coefficient (Wildman–Crippen LogP) is 2.86. The van der Waals surface area contributed by atoms with E-state index in [1.807, 2.05) is 24.3 Å². The van der Waals surface area contributed by atoms with Crippen molar-refractivity contribution in [2.24, 2.45) is 5.73 Å². The van der Waals surface area contributed by atoms with E-state index in [2.05, 4.69) is 16.7 Å². The molecule has 6 heteroatoms. The van der Waals surface area contributed by atoms with Gasteiger partial charge in [-0.1, -0.05) is 36.4 Å². The number of carbonyl (C=O) groups is 2.